The molecule has 2 aliphatic rings. The Hall–Kier alpha value is -9.65. The Kier molecular flexibility index (Phi) is 9.85. The molecular weight excluding hydrogens is 937 g/mol. The second-order valence-electron chi connectivity index (χ2n) is 21.7. The molecule has 0 unspecified atom stereocenters. The molecule has 77 heavy (non-hydrogen) atoms. The summed E-state index contributed by atoms with van der Waals surface area (Å²) < 4.78 is 6.95. The Balaban J connectivity index is 0.000000140. The van der Waals surface area contributed by atoms with Crippen LogP contribution in [0.2, 0.25) is 0 Å². The lowest BCUT2D eigenvalue weighted by Crippen LogP contribution is -2.14. The van der Waals surface area contributed by atoms with Crippen LogP contribution in [0.5, 0.6) is 0 Å². The molecule has 8 aromatic carbocycles. The zero-order valence-corrected chi connectivity index (χ0v) is 43.3. The average Bonchev–Trinajstić information content (AvgIpc) is 4.46. The van der Waals surface area contributed by atoms with Gasteiger partial charge in [-0.25, -0.2) is 9.97 Å². The van der Waals surface area contributed by atoms with E-state index in [-0.39, 0.29) is 10.8 Å². The van der Waals surface area contributed by atoms with Crippen molar-refractivity contribution in [1.82, 2.24) is 28.5 Å². The lowest BCUT2D eigenvalue weighted by molar-refractivity contribution is 0.666. The summed E-state index contributed by atoms with van der Waals surface area (Å²) in [6, 6.07) is 80.5. The summed E-state index contributed by atoms with van der Waals surface area (Å²) in [6.07, 6.45) is 5.96. The van der Waals surface area contributed by atoms with Gasteiger partial charge in [-0.3, -0.25) is 4.98 Å². The maximum Gasteiger partial charge on any atom is 0.137 e. The van der Waals surface area contributed by atoms with E-state index in [0.717, 1.165) is 50.0 Å². The third-order valence-electron chi connectivity index (χ3n) is 16.6. The van der Waals surface area contributed by atoms with Gasteiger partial charge >= 0.3 is 0 Å². The Morgan fingerprint density at radius 3 is 1.45 bits per heavy atom. The van der Waals surface area contributed by atoms with Crippen molar-refractivity contribution in [2.75, 3.05) is 0 Å². The fourth-order valence-corrected chi connectivity index (χ4v) is 12.9. The highest BCUT2D eigenvalue weighted by molar-refractivity contribution is 6.04. The van der Waals surface area contributed by atoms with Gasteiger partial charge < -0.3 is 13.5 Å². The molecule has 6 heteroatoms. The first-order valence-electron chi connectivity index (χ1n) is 26.6. The van der Waals surface area contributed by atoms with Gasteiger partial charge in [-0.15, -0.1) is 0 Å². The number of nitrogens with zero attached hydrogens (tertiary/aromatic N) is 6. The molecule has 0 atom stereocenters. The Morgan fingerprint density at radius 2 is 0.857 bits per heavy atom. The number of rotatable bonds is 5. The van der Waals surface area contributed by atoms with Crippen molar-refractivity contribution in [3.8, 4) is 67.5 Å². The van der Waals surface area contributed by atoms with Crippen LogP contribution in [0.1, 0.15) is 49.9 Å². The number of imidazole rings is 1. The molecule has 0 spiro atoms. The van der Waals surface area contributed by atoms with Gasteiger partial charge in [0.2, 0.25) is 0 Å². The van der Waals surface area contributed by atoms with Crippen molar-refractivity contribution < 1.29 is 0 Å². The van der Waals surface area contributed by atoms with Gasteiger partial charge in [0.1, 0.15) is 5.65 Å². The molecule has 0 amide bonds. The number of hydrogen-bond donors (Lipinski definition) is 0. The first-order valence-corrected chi connectivity index (χ1v) is 26.6. The van der Waals surface area contributed by atoms with Gasteiger partial charge in [-0.1, -0.05) is 191 Å². The van der Waals surface area contributed by atoms with Gasteiger partial charge in [0.05, 0.1) is 44.8 Å². The minimum absolute atomic E-state index is 0.0345. The molecule has 0 radical (unpaired) electrons. The van der Waals surface area contributed by atoms with Crippen LogP contribution in [-0.4, -0.2) is 28.5 Å². The minimum atomic E-state index is -0.0536. The van der Waals surface area contributed by atoms with Crippen LogP contribution in [0.15, 0.2) is 243 Å². The number of pyridine rings is 3. The zero-order valence-electron chi connectivity index (χ0n) is 43.3. The van der Waals surface area contributed by atoms with E-state index in [1.54, 1.807) is 0 Å². The van der Waals surface area contributed by atoms with E-state index in [0.29, 0.717) is 0 Å². The molecule has 0 fully saturated rings. The van der Waals surface area contributed by atoms with Gasteiger partial charge in [0, 0.05) is 84.6 Å². The number of fused-ring (bicyclic) bond motifs is 14. The fraction of sp³-hybridized carbons (Fsp3) is 0.0845. The molecular formula is C71H52N6. The van der Waals surface area contributed by atoms with Crippen LogP contribution < -0.4 is 0 Å². The van der Waals surface area contributed by atoms with Crippen molar-refractivity contribution in [3.05, 3.63) is 265 Å². The van der Waals surface area contributed by atoms with Gasteiger partial charge in [0.25, 0.3) is 0 Å². The third-order valence-corrected chi connectivity index (χ3v) is 16.6. The first-order chi connectivity index (χ1) is 37.7. The highest BCUT2D eigenvalue weighted by atomic mass is 15.0. The molecule has 14 aromatic rings. The molecule has 0 aliphatic heterocycles. The maximum atomic E-state index is 5.03. The topological polar surface area (TPSA) is 52.9 Å². The van der Waals surface area contributed by atoms with Crippen LogP contribution in [0, 0.1) is 0 Å². The molecule has 6 nitrogen and oxygen atoms in total. The molecule has 0 N–H and O–H groups in total. The summed E-state index contributed by atoms with van der Waals surface area (Å²) in [6.45, 7) is 9.41. The highest BCUT2D eigenvalue weighted by Gasteiger charge is 2.41. The lowest BCUT2D eigenvalue weighted by atomic mass is 9.81. The Bertz CT molecular complexity index is 4630. The summed E-state index contributed by atoms with van der Waals surface area (Å²) >= 11 is 0. The Labute approximate surface area is 446 Å². The van der Waals surface area contributed by atoms with Crippen molar-refractivity contribution in [3.63, 3.8) is 0 Å². The van der Waals surface area contributed by atoms with Crippen molar-refractivity contribution in [2.45, 2.75) is 38.5 Å². The van der Waals surface area contributed by atoms with Crippen molar-refractivity contribution in [2.24, 2.45) is 0 Å². The molecule has 0 saturated heterocycles. The van der Waals surface area contributed by atoms with E-state index in [1.807, 2.05) is 36.7 Å². The van der Waals surface area contributed by atoms with Gasteiger partial charge in [-0.2, -0.15) is 0 Å². The second-order valence-corrected chi connectivity index (χ2v) is 21.7. The predicted octanol–water partition coefficient (Wildman–Crippen LogP) is 17.6. The van der Waals surface area contributed by atoms with Crippen LogP contribution in [-0.2, 0) is 10.8 Å². The van der Waals surface area contributed by atoms with E-state index >= 15 is 0 Å². The SMILES string of the molecule is CC1(C)c2ccccc2-c2c1c1ccccc1n2-c1ccc(-c2ccc(-c3ccc4ccc5cccnc5c4n3)cc2)cc1.CC1(C)c2ccccc2-c2c1c1ccccc1n2-c1ccc(-c2cn3ccccc3n2)cc1. The van der Waals surface area contributed by atoms with E-state index in [4.69, 9.17) is 9.97 Å². The second kappa shape index (κ2) is 16.9. The largest absolute Gasteiger partial charge is 0.309 e. The maximum absolute atomic E-state index is 5.03. The van der Waals surface area contributed by atoms with Crippen molar-refractivity contribution >= 4 is 49.3 Å². The Morgan fingerprint density at radius 1 is 0.377 bits per heavy atom. The molecule has 6 aromatic heterocycles. The van der Waals surface area contributed by atoms with Crippen LogP contribution in [0.3, 0.4) is 0 Å². The van der Waals surface area contributed by atoms with Gasteiger partial charge in [0.15, 0.2) is 0 Å². The number of hydrogen-bond acceptors (Lipinski definition) is 3. The molecule has 6 heterocycles. The smallest absolute Gasteiger partial charge is 0.137 e. The lowest BCUT2D eigenvalue weighted by Gasteiger charge is -2.21. The standard InChI is InChI=1S/C41H29N3.C30H23N3/c1-41(2)34-11-5-3-9-32(34)40-37(41)33-10-4-6-12-36(33)44(40)31-22-19-27(20-23-31)26-13-15-28(16-14-26)35-24-21-30-18-17-29-8-7-25-42-38(29)39(30)43-35;1-30(2)24-11-5-3-9-22(24)29-28(30)23-10-4-6-12-26(23)33(29)21-16-14-20(15-17-21)25-19-32-18-8-7-13-27(32)31-25/h3-25H,1-2H3;3-19H,1-2H3. The summed E-state index contributed by atoms with van der Waals surface area (Å²) in [5, 5.41) is 4.87. The van der Waals surface area contributed by atoms with Crippen LogP contribution in [0.4, 0.5) is 0 Å². The minimum Gasteiger partial charge on any atom is -0.309 e. The first kappa shape index (κ1) is 44.8. The number of aromatic nitrogens is 6. The normalized spacial score (nSPS) is 13.7. The molecule has 2 aliphatic carbocycles. The average molecular weight is 989 g/mol. The fourth-order valence-electron chi connectivity index (χ4n) is 12.9. The number of para-hydroxylation sites is 2. The monoisotopic (exact) mass is 988 g/mol. The van der Waals surface area contributed by atoms with E-state index in [1.165, 1.54) is 89.1 Å². The molecule has 16 rings (SSSR count). The van der Waals surface area contributed by atoms with Crippen LogP contribution >= 0.6 is 0 Å². The predicted molar refractivity (Wildman–Crippen MR) is 317 cm³/mol. The summed E-state index contributed by atoms with van der Waals surface area (Å²) in [4.78, 5) is 14.4. The number of benzene rings is 8. The van der Waals surface area contributed by atoms with E-state index in [2.05, 4.69) is 253 Å². The molecule has 0 bridgehead atoms. The summed E-state index contributed by atoms with van der Waals surface area (Å²) in [5.74, 6) is 0. The van der Waals surface area contributed by atoms with E-state index in [9.17, 15) is 0 Å². The van der Waals surface area contributed by atoms with Crippen molar-refractivity contribution in [1.29, 1.82) is 0 Å². The quantitative estimate of drug-likeness (QED) is 0.161. The van der Waals surface area contributed by atoms with Gasteiger partial charge in [-0.05, 0) is 94.0 Å². The van der Waals surface area contributed by atoms with E-state index < -0.39 is 0 Å². The third kappa shape index (κ3) is 6.84. The molecule has 366 valence electrons. The van der Waals surface area contributed by atoms with Crippen LogP contribution in [0.25, 0.3) is 117 Å². The highest BCUT2D eigenvalue weighted by Crippen LogP contribution is 2.55. The summed E-state index contributed by atoms with van der Waals surface area (Å²) in [5.41, 5.74) is 25.1. The summed E-state index contributed by atoms with van der Waals surface area (Å²) in [7, 11) is 0. The zero-order chi connectivity index (χ0) is 51.6. The molecule has 0 saturated carbocycles.